The van der Waals surface area contributed by atoms with E-state index in [2.05, 4.69) is 17.4 Å². The molecule has 2 aliphatic rings. The number of benzene rings is 1. The molecule has 3 N–H and O–H groups in total. The molecule has 3 rings (SSSR count). The molecule has 1 heterocycles. The maximum Gasteiger partial charge on any atom is 0.245 e. The fraction of sp³-hybridized carbons (Fsp3) is 0.500. The summed E-state index contributed by atoms with van der Waals surface area (Å²) in [6.45, 7) is 0. The Hall–Kier alpha value is -1.00. The van der Waals surface area contributed by atoms with E-state index in [0.29, 0.717) is 0 Å². The van der Waals surface area contributed by atoms with Crippen LogP contribution < -0.4 is 11.1 Å². The van der Waals surface area contributed by atoms with Crippen LogP contribution in [-0.2, 0) is 4.79 Å². The van der Waals surface area contributed by atoms with Crippen molar-refractivity contribution in [2.45, 2.75) is 36.6 Å². The van der Waals surface area contributed by atoms with E-state index < -0.39 is 6.04 Å². The summed E-state index contributed by atoms with van der Waals surface area (Å²) in [4.78, 5) is 12.7. The molecular weight excluding hydrogens is 244 g/mol. The largest absolute Gasteiger partial charge is 0.324 e. The van der Waals surface area contributed by atoms with Crippen molar-refractivity contribution in [2.75, 3.05) is 11.1 Å². The Morgan fingerprint density at radius 1 is 1.33 bits per heavy atom. The van der Waals surface area contributed by atoms with Crippen molar-refractivity contribution in [3.05, 3.63) is 23.8 Å². The summed E-state index contributed by atoms with van der Waals surface area (Å²) in [5, 5.41) is 2.84. The predicted molar refractivity (Wildman–Crippen MR) is 74.7 cm³/mol. The second-order valence-electron chi connectivity index (χ2n) is 5.18. The van der Waals surface area contributed by atoms with Crippen molar-refractivity contribution < 1.29 is 4.79 Å². The molecule has 18 heavy (non-hydrogen) atoms. The lowest BCUT2D eigenvalue weighted by Crippen LogP contribution is -2.19. The van der Waals surface area contributed by atoms with Gasteiger partial charge in [-0.3, -0.25) is 4.79 Å². The second-order valence-corrected chi connectivity index (χ2v) is 6.27. The fourth-order valence-electron chi connectivity index (χ4n) is 2.75. The van der Waals surface area contributed by atoms with Crippen molar-refractivity contribution in [3.63, 3.8) is 0 Å². The molecule has 1 aliphatic heterocycles. The van der Waals surface area contributed by atoms with Crippen LogP contribution in [0.25, 0.3) is 0 Å². The lowest BCUT2D eigenvalue weighted by Gasteiger charge is -2.09. The third-order valence-corrected chi connectivity index (χ3v) is 5.09. The van der Waals surface area contributed by atoms with Gasteiger partial charge in [0, 0.05) is 21.9 Å². The molecule has 0 spiro atoms. The van der Waals surface area contributed by atoms with Gasteiger partial charge in [-0.2, -0.15) is 0 Å². The number of hydrogen-bond acceptors (Lipinski definition) is 3. The Morgan fingerprint density at radius 2 is 2.11 bits per heavy atom. The third-order valence-electron chi connectivity index (χ3n) is 3.86. The first-order chi connectivity index (χ1) is 8.74. The maximum atomic E-state index is 11.5. The topological polar surface area (TPSA) is 55.1 Å². The molecule has 0 bridgehead atoms. The van der Waals surface area contributed by atoms with Crippen LogP contribution in [0, 0.1) is 5.92 Å². The molecule has 1 aromatic rings. The van der Waals surface area contributed by atoms with Crippen molar-refractivity contribution in [3.8, 4) is 0 Å². The van der Waals surface area contributed by atoms with Gasteiger partial charge in [0.1, 0.15) is 6.04 Å². The van der Waals surface area contributed by atoms with E-state index in [1.165, 1.54) is 36.3 Å². The molecule has 1 unspecified atom stereocenters. The summed E-state index contributed by atoms with van der Waals surface area (Å²) in [6, 6.07) is 5.63. The summed E-state index contributed by atoms with van der Waals surface area (Å²) in [7, 11) is 0. The highest BCUT2D eigenvalue weighted by atomic mass is 32.2. The number of carbonyl (C=O) groups excluding carboxylic acids is 1. The van der Waals surface area contributed by atoms with E-state index in [-0.39, 0.29) is 5.91 Å². The SMILES string of the molecule is NC1C(=O)Nc2cc(SCC3CCCC3)ccc21. The van der Waals surface area contributed by atoms with Crippen LogP contribution in [-0.4, -0.2) is 11.7 Å². The van der Waals surface area contributed by atoms with Crippen LogP contribution in [0.2, 0.25) is 0 Å². The average molecular weight is 262 g/mol. The minimum absolute atomic E-state index is 0.0945. The summed E-state index contributed by atoms with van der Waals surface area (Å²) in [5.41, 5.74) is 7.61. The van der Waals surface area contributed by atoms with Crippen LogP contribution >= 0.6 is 11.8 Å². The van der Waals surface area contributed by atoms with Gasteiger partial charge in [0.05, 0.1) is 0 Å². The van der Waals surface area contributed by atoms with E-state index in [0.717, 1.165) is 17.2 Å². The normalized spacial score (nSPS) is 23.2. The number of fused-ring (bicyclic) bond motifs is 1. The summed E-state index contributed by atoms with van der Waals surface area (Å²) < 4.78 is 0. The van der Waals surface area contributed by atoms with Crippen molar-refractivity contribution >= 4 is 23.4 Å². The average Bonchev–Trinajstić information content (AvgIpc) is 2.97. The third kappa shape index (κ3) is 2.27. The van der Waals surface area contributed by atoms with Gasteiger partial charge in [0.2, 0.25) is 5.91 Å². The molecule has 1 amide bonds. The number of hydrogen-bond donors (Lipinski definition) is 2. The van der Waals surface area contributed by atoms with Gasteiger partial charge in [-0.15, -0.1) is 11.8 Å². The number of thioether (sulfide) groups is 1. The van der Waals surface area contributed by atoms with Crippen LogP contribution in [0.15, 0.2) is 23.1 Å². The van der Waals surface area contributed by atoms with E-state index >= 15 is 0 Å². The zero-order valence-corrected chi connectivity index (χ0v) is 11.1. The second kappa shape index (κ2) is 4.94. The van der Waals surface area contributed by atoms with Crippen LogP contribution in [0.5, 0.6) is 0 Å². The molecule has 1 aromatic carbocycles. The smallest absolute Gasteiger partial charge is 0.245 e. The maximum absolute atomic E-state index is 11.5. The highest BCUT2D eigenvalue weighted by Crippen LogP contribution is 2.35. The molecule has 1 fully saturated rings. The number of nitrogens with one attached hydrogen (secondary N) is 1. The lowest BCUT2D eigenvalue weighted by molar-refractivity contribution is -0.116. The zero-order valence-electron chi connectivity index (χ0n) is 10.3. The molecule has 1 atom stereocenters. The summed E-state index contributed by atoms with van der Waals surface area (Å²) in [6.07, 6.45) is 5.53. The highest BCUT2D eigenvalue weighted by molar-refractivity contribution is 7.99. The lowest BCUT2D eigenvalue weighted by atomic mass is 10.1. The van der Waals surface area contributed by atoms with E-state index in [4.69, 9.17) is 5.73 Å². The molecule has 0 radical (unpaired) electrons. The number of anilines is 1. The van der Waals surface area contributed by atoms with Gasteiger partial charge in [-0.25, -0.2) is 0 Å². The molecular formula is C14H18N2OS. The molecule has 0 aromatic heterocycles. The Kier molecular flexibility index (Phi) is 3.31. The van der Waals surface area contributed by atoms with Gasteiger partial charge in [0.25, 0.3) is 0 Å². The van der Waals surface area contributed by atoms with E-state index in [9.17, 15) is 4.79 Å². The zero-order chi connectivity index (χ0) is 12.5. The fourth-order valence-corrected chi connectivity index (χ4v) is 3.87. The van der Waals surface area contributed by atoms with Crippen LogP contribution in [0.4, 0.5) is 5.69 Å². The van der Waals surface area contributed by atoms with Crippen LogP contribution in [0.1, 0.15) is 37.3 Å². The summed E-state index contributed by atoms with van der Waals surface area (Å²) >= 11 is 1.89. The van der Waals surface area contributed by atoms with Crippen LogP contribution in [0.3, 0.4) is 0 Å². The molecule has 1 aliphatic carbocycles. The summed E-state index contributed by atoms with van der Waals surface area (Å²) in [5.74, 6) is 1.97. The first-order valence-electron chi connectivity index (χ1n) is 6.57. The van der Waals surface area contributed by atoms with Gasteiger partial charge in [-0.1, -0.05) is 18.9 Å². The minimum atomic E-state index is -0.492. The van der Waals surface area contributed by atoms with Gasteiger partial charge < -0.3 is 11.1 Å². The van der Waals surface area contributed by atoms with Gasteiger partial charge >= 0.3 is 0 Å². The van der Waals surface area contributed by atoms with Crippen molar-refractivity contribution in [1.82, 2.24) is 0 Å². The first-order valence-corrected chi connectivity index (χ1v) is 7.56. The Labute approximate surface area is 112 Å². The quantitative estimate of drug-likeness (QED) is 0.823. The predicted octanol–water partition coefficient (Wildman–Crippen LogP) is 2.92. The van der Waals surface area contributed by atoms with Gasteiger partial charge in [-0.05, 0) is 30.9 Å². The Balaban J connectivity index is 1.67. The molecule has 4 heteroatoms. The molecule has 96 valence electrons. The molecule has 3 nitrogen and oxygen atoms in total. The minimum Gasteiger partial charge on any atom is -0.324 e. The number of rotatable bonds is 3. The molecule has 0 saturated heterocycles. The van der Waals surface area contributed by atoms with Crippen molar-refractivity contribution in [1.29, 1.82) is 0 Å². The number of carbonyl (C=O) groups is 1. The Morgan fingerprint density at radius 3 is 2.89 bits per heavy atom. The van der Waals surface area contributed by atoms with E-state index in [1.54, 1.807) is 0 Å². The standard InChI is InChI=1S/C14H18N2OS/c15-13-11-6-5-10(7-12(11)16-14(13)17)18-8-9-3-1-2-4-9/h5-7,9,13H,1-4,8,15H2,(H,16,17). The number of nitrogens with two attached hydrogens (primary N) is 1. The highest BCUT2D eigenvalue weighted by Gasteiger charge is 2.27. The van der Waals surface area contributed by atoms with Gasteiger partial charge in [0.15, 0.2) is 0 Å². The van der Waals surface area contributed by atoms with E-state index in [1.807, 2.05) is 17.8 Å². The van der Waals surface area contributed by atoms with Crippen molar-refractivity contribution in [2.24, 2.45) is 11.7 Å². The number of amides is 1. The first kappa shape index (κ1) is 12.1. The monoisotopic (exact) mass is 262 g/mol. The molecule has 1 saturated carbocycles. The Bertz CT molecular complexity index is 469.